The van der Waals surface area contributed by atoms with Crippen molar-refractivity contribution in [1.29, 1.82) is 0 Å². The maximum absolute atomic E-state index is 12.8. The number of nitrogens with one attached hydrogen (secondary N) is 1. The van der Waals surface area contributed by atoms with Crippen LogP contribution in [-0.4, -0.2) is 32.5 Å². The topological polar surface area (TPSA) is 83.6 Å². The van der Waals surface area contributed by atoms with Crippen molar-refractivity contribution in [3.05, 3.63) is 54.1 Å². The zero-order chi connectivity index (χ0) is 19.6. The Morgan fingerprint density at radius 3 is 2.33 bits per heavy atom. The number of sulfone groups is 1. The van der Waals surface area contributed by atoms with Crippen LogP contribution in [0.2, 0.25) is 0 Å². The van der Waals surface area contributed by atoms with Crippen LogP contribution >= 0.6 is 0 Å². The van der Waals surface area contributed by atoms with Gasteiger partial charge in [-0.2, -0.15) is 8.78 Å². The van der Waals surface area contributed by atoms with Crippen molar-refractivity contribution in [3.8, 4) is 0 Å². The van der Waals surface area contributed by atoms with E-state index in [1.54, 1.807) is 17.0 Å². The average Bonchev–Trinajstić information content (AvgIpc) is 3.08. The first-order valence-corrected chi connectivity index (χ1v) is 9.68. The molecule has 2 amide bonds. The molecule has 0 aliphatic carbocycles. The first-order chi connectivity index (χ1) is 12.8. The lowest BCUT2D eigenvalue weighted by molar-refractivity contribution is -0.117. The standard InChI is InChI=1S/C18H16F2N2O4S/c19-18(20)27(25,26)15-5-2-1-4-14(15)21-17(24)12-7-9-13(10-8-12)22-11-3-6-16(22)23/h1-2,4-5,7-10,18H,3,6,11H2,(H,21,24). The molecular formula is C18H16F2N2O4S. The van der Waals surface area contributed by atoms with E-state index in [0.717, 1.165) is 12.5 Å². The van der Waals surface area contributed by atoms with E-state index >= 15 is 0 Å². The summed E-state index contributed by atoms with van der Waals surface area (Å²) in [4.78, 5) is 25.1. The predicted octanol–water partition coefficient (Wildman–Crippen LogP) is 3.06. The van der Waals surface area contributed by atoms with Crippen molar-refractivity contribution < 1.29 is 26.8 Å². The molecule has 0 saturated carbocycles. The number of para-hydroxylation sites is 1. The molecule has 0 spiro atoms. The van der Waals surface area contributed by atoms with Crippen molar-refractivity contribution in [2.45, 2.75) is 23.5 Å². The highest BCUT2D eigenvalue weighted by Crippen LogP contribution is 2.27. The van der Waals surface area contributed by atoms with Gasteiger partial charge in [-0.25, -0.2) is 8.42 Å². The van der Waals surface area contributed by atoms with E-state index in [1.165, 1.54) is 30.3 Å². The molecule has 27 heavy (non-hydrogen) atoms. The fraction of sp³-hybridized carbons (Fsp3) is 0.222. The highest BCUT2D eigenvalue weighted by Gasteiger charge is 2.29. The van der Waals surface area contributed by atoms with Crippen LogP contribution in [0.5, 0.6) is 0 Å². The second kappa shape index (κ2) is 7.43. The number of halogens is 2. The zero-order valence-corrected chi connectivity index (χ0v) is 14.9. The third kappa shape index (κ3) is 3.82. The molecule has 0 atom stereocenters. The van der Waals surface area contributed by atoms with E-state index in [2.05, 4.69) is 5.32 Å². The van der Waals surface area contributed by atoms with Crippen molar-refractivity contribution in [1.82, 2.24) is 0 Å². The number of hydrogen-bond donors (Lipinski definition) is 1. The number of carbonyl (C=O) groups is 2. The average molecular weight is 394 g/mol. The van der Waals surface area contributed by atoms with Crippen molar-refractivity contribution in [2.24, 2.45) is 0 Å². The molecule has 0 bridgehead atoms. The number of alkyl halides is 2. The molecule has 2 aromatic rings. The third-order valence-corrected chi connectivity index (χ3v) is 5.63. The molecule has 1 N–H and O–H groups in total. The number of nitrogens with zero attached hydrogens (tertiary/aromatic N) is 1. The fourth-order valence-electron chi connectivity index (χ4n) is 2.82. The van der Waals surface area contributed by atoms with Gasteiger partial charge < -0.3 is 10.2 Å². The van der Waals surface area contributed by atoms with E-state index in [-0.39, 0.29) is 17.2 Å². The van der Waals surface area contributed by atoms with Gasteiger partial charge in [0.15, 0.2) is 0 Å². The van der Waals surface area contributed by atoms with Gasteiger partial charge in [0.25, 0.3) is 5.91 Å². The molecule has 6 nitrogen and oxygen atoms in total. The van der Waals surface area contributed by atoms with Gasteiger partial charge in [-0.1, -0.05) is 12.1 Å². The largest absolute Gasteiger partial charge is 0.341 e. The summed E-state index contributed by atoms with van der Waals surface area (Å²) in [5.41, 5.74) is 0.644. The molecule has 9 heteroatoms. The summed E-state index contributed by atoms with van der Waals surface area (Å²) in [5, 5.41) is 2.35. The van der Waals surface area contributed by atoms with Crippen molar-refractivity contribution in [2.75, 3.05) is 16.8 Å². The van der Waals surface area contributed by atoms with Crippen LogP contribution < -0.4 is 10.2 Å². The van der Waals surface area contributed by atoms with Crippen LogP contribution in [0.1, 0.15) is 23.2 Å². The van der Waals surface area contributed by atoms with Crippen LogP contribution in [-0.2, 0) is 14.6 Å². The lowest BCUT2D eigenvalue weighted by Gasteiger charge is -2.16. The van der Waals surface area contributed by atoms with E-state index < -0.39 is 26.4 Å². The predicted molar refractivity (Wildman–Crippen MR) is 95.6 cm³/mol. The summed E-state index contributed by atoms with van der Waals surface area (Å²) in [6.07, 6.45) is 1.26. The summed E-state index contributed by atoms with van der Waals surface area (Å²) in [5.74, 6) is -4.22. The van der Waals surface area contributed by atoms with Gasteiger partial charge in [-0.15, -0.1) is 0 Å². The number of amides is 2. The summed E-state index contributed by atoms with van der Waals surface area (Å²) in [6.45, 7) is 0.614. The molecule has 2 aromatic carbocycles. The van der Waals surface area contributed by atoms with Crippen LogP contribution in [0.4, 0.5) is 20.2 Å². The van der Waals surface area contributed by atoms with Crippen molar-refractivity contribution in [3.63, 3.8) is 0 Å². The molecule has 1 heterocycles. The lowest BCUT2D eigenvalue weighted by Crippen LogP contribution is -2.23. The third-order valence-electron chi connectivity index (χ3n) is 4.19. The molecule has 1 fully saturated rings. The Bertz CT molecular complexity index is 975. The minimum atomic E-state index is -4.85. The summed E-state index contributed by atoms with van der Waals surface area (Å²) in [6, 6.07) is 11.2. The van der Waals surface area contributed by atoms with E-state index in [0.29, 0.717) is 18.7 Å². The Kier molecular flexibility index (Phi) is 5.22. The van der Waals surface area contributed by atoms with E-state index in [9.17, 15) is 26.8 Å². The molecule has 3 rings (SSSR count). The number of anilines is 2. The minimum Gasteiger partial charge on any atom is -0.321 e. The first kappa shape index (κ1) is 19.0. The first-order valence-electron chi connectivity index (χ1n) is 8.13. The maximum atomic E-state index is 12.8. The van der Waals surface area contributed by atoms with Gasteiger partial charge in [-0.3, -0.25) is 9.59 Å². The van der Waals surface area contributed by atoms with Gasteiger partial charge in [0.1, 0.15) is 0 Å². The van der Waals surface area contributed by atoms with Crippen LogP contribution in [0.25, 0.3) is 0 Å². The quantitative estimate of drug-likeness (QED) is 0.845. The Morgan fingerprint density at radius 2 is 1.74 bits per heavy atom. The summed E-state index contributed by atoms with van der Waals surface area (Å²) >= 11 is 0. The number of carbonyl (C=O) groups excluding carboxylic acids is 2. The number of hydrogen-bond acceptors (Lipinski definition) is 4. The minimum absolute atomic E-state index is 0.0123. The van der Waals surface area contributed by atoms with Crippen LogP contribution in [0, 0.1) is 0 Å². The molecule has 0 radical (unpaired) electrons. The van der Waals surface area contributed by atoms with E-state index in [1.807, 2.05) is 0 Å². The van der Waals surface area contributed by atoms with E-state index in [4.69, 9.17) is 0 Å². The molecule has 1 aliphatic heterocycles. The van der Waals surface area contributed by atoms with Gasteiger partial charge >= 0.3 is 5.76 Å². The molecular weight excluding hydrogens is 378 g/mol. The molecule has 142 valence electrons. The zero-order valence-electron chi connectivity index (χ0n) is 14.1. The molecule has 1 aliphatic rings. The highest BCUT2D eigenvalue weighted by molar-refractivity contribution is 7.91. The second-order valence-corrected chi connectivity index (χ2v) is 7.84. The normalized spacial score (nSPS) is 14.6. The molecule has 1 saturated heterocycles. The molecule has 0 aromatic heterocycles. The lowest BCUT2D eigenvalue weighted by atomic mass is 10.1. The highest BCUT2D eigenvalue weighted by atomic mass is 32.2. The Balaban J connectivity index is 1.81. The Hall–Kier alpha value is -2.81. The second-order valence-electron chi connectivity index (χ2n) is 5.95. The summed E-state index contributed by atoms with van der Waals surface area (Å²) in [7, 11) is -4.85. The van der Waals surface area contributed by atoms with Gasteiger partial charge in [0, 0.05) is 24.2 Å². The smallest absolute Gasteiger partial charge is 0.321 e. The number of rotatable bonds is 5. The maximum Gasteiger partial charge on any atom is 0.341 e. The van der Waals surface area contributed by atoms with Crippen LogP contribution in [0.3, 0.4) is 0 Å². The monoisotopic (exact) mass is 394 g/mol. The van der Waals surface area contributed by atoms with Gasteiger partial charge in [0.2, 0.25) is 15.7 Å². The van der Waals surface area contributed by atoms with Crippen LogP contribution in [0.15, 0.2) is 53.4 Å². The Morgan fingerprint density at radius 1 is 1.07 bits per heavy atom. The molecule has 0 unspecified atom stereocenters. The van der Waals surface area contributed by atoms with Gasteiger partial charge in [-0.05, 0) is 42.8 Å². The SMILES string of the molecule is O=C(Nc1ccccc1S(=O)(=O)C(F)F)c1ccc(N2CCCC2=O)cc1. The summed E-state index contributed by atoms with van der Waals surface area (Å²) < 4.78 is 49.2. The fourth-order valence-corrected chi connectivity index (χ4v) is 3.71. The van der Waals surface area contributed by atoms with Gasteiger partial charge in [0.05, 0.1) is 10.6 Å². The number of benzene rings is 2. The van der Waals surface area contributed by atoms with Crippen molar-refractivity contribution >= 4 is 33.0 Å². The Labute approximate surface area is 154 Å².